The maximum atomic E-state index is 12.5. The van der Waals surface area contributed by atoms with Gasteiger partial charge in [0.15, 0.2) is 0 Å². The summed E-state index contributed by atoms with van der Waals surface area (Å²) in [7, 11) is 1.64. The SMILES string of the molecule is COc1ccc([C@H]2C=C(c3ccccc3)Nc3nc(NC(=O)/C=C/c4ccccc4)nn32)cc1. The largest absolute Gasteiger partial charge is 0.497 e. The molecule has 1 aromatic heterocycles. The number of allylic oxidation sites excluding steroid dienone is 1. The van der Waals surface area contributed by atoms with Crippen LogP contribution in [0.2, 0.25) is 0 Å². The van der Waals surface area contributed by atoms with E-state index in [0.717, 1.165) is 28.1 Å². The number of hydrogen-bond acceptors (Lipinski definition) is 5. The number of hydrogen-bond donors (Lipinski definition) is 2. The van der Waals surface area contributed by atoms with Crippen molar-refractivity contribution in [1.29, 1.82) is 0 Å². The lowest BCUT2D eigenvalue weighted by Crippen LogP contribution is -2.20. The van der Waals surface area contributed by atoms with Crippen LogP contribution in [0.3, 0.4) is 0 Å². The minimum absolute atomic E-state index is 0.213. The lowest BCUT2D eigenvalue weighted by atomic mass is 10.0. The summed E-state index contributed by atoms with van der Waals surface area (Å²) in [6.07, 6.45) is 5.32. The zero-order valence-electron chi connectivity index (χ0n) is 18.6. The third-order valence-corrected chi connectivity index (χ3v) is 5.47. The fourth-order valence-corrected chi connectivity index (χ4v) is 3.76. The maximum Gasteiger partial charge on any atom is 0.250 e. The van der Waals surface area contributed by atoms with E-state index in [9.17, 15) is 4.79 Å². The molecule has 168 valence electrons. The van der Waals surface area contributed by atoms with Crippen molar-refractivity contribution < 1.29 is 9.53 Å². The maximum absolute atomic E-state index is 12.5. The van der Waals surface area contributed by atoms with E-state index in [1.54, 1.807) is 17.9 Å². The number of anilines is 2. The molecule has 0 saturated heterocycles. The summed E-state index contributed by atoms with van der Waals surface area (Å²) >= 11 is 0. The summed E-state index contributed by atoms with van der Waals surface area (Å²) in [5.41, 5.74) is 3.91. The highest BCUT2D eigenvalue weighted by molar-refractivity contribution is 6.01. The fraction of sp³-hybridized carbons (Fsp3) is 0.0741. The molecule has 0 saturated carbocycles. The van der Waals surface area contributed by atoms with E-state index >= 15 is 0 Å². The molecule has 5 rings (SSSR count). The van der Waals surface area contributed by atoms with Gasteiger partial charge in [-0.25, -0.2) is 4.68 Å². The van der Waals surface area contributed by atoms with Crippen molar-refractivity contribution >= 4 is 29.6 Å². The molecule has 0 fully saturated rings. The number of aromatic nitrogens is 3. The molecule has 0 aliphatic carbocycles. The summed E-state index contributed by atoms with van der Waals surface area (Å²) in [4.78, 5) is 17.0. The molecule has 4 aromatic rings. The molecule has 1 aliphatic rings. The first-order valence-electron chi connectivity index (χ1n) is 10.9. The Morgan fingerprint density at radius 2 is 1.71 bits per heavy atom. The standard InChI is InChI=1S/C27H23N5O2/c1-34-22-15-13-21(14-16-22)24-18-23(20-10-6-3-7-11-20)28-27-30-26(31-32(24)27)29-25(33)17-12-19-8-4-2-5-9-19/h2-18,24H,1H3,(H2,28,29,30,31,33)/b17-12+/t24-/m1/s1. The first-order chi connectivity index (χ1) is 16.7. The van der Waals surface area contributed by atoms with E-state index in [2.05, 4.69) is 26.8 Å². The van der Waals surface area contributed by atoms with Gasteiger partial charge in [0.25, 0.3) is 11.9 Å². The van der Waals surface area contributed by atoms with Crippen molar-refractivity contribution in [3.63, 3.8) is 0 Å². The predicted molar refractivity (Wildman–Crippen MR) is 133 cm³/mol. The molecule has 2 heterocycles. The van der Waals surface area contributed by atoms with Crippen LogP contribution in [0.4, 0.5) is 11.9 Å². The number of rotatable bonds is 6. The Morgan fingerprint density at radius 3 is 2.41 bits per heavy atom. The van der Waals surface area contributed by atoms with Crippen LogP contribution in [0.5, 0.6) is 5.75 Å². The van der Waals surface area contributed by atoms with E-state index in [1.165, 1.54) is 6.08 Å². The molecule has 0 spiro atoms. The average Bonchev–Trinajstić information content (AvgIpc) is 3.30. The summed E-state index contributed by atoms with van der Waals surface area (Å²) in [5.74, 6) is 1.25. The molecule has 1 aliphatic heterocycles. The number of carbonyl (C=O) groups is 1. The van der Waals surface area contributed by atoms with E-state index in [-0.39, 0.29) is 17.9 Å². The molecule has 34 heavy (non-hydrogen) atoms. The second-order valence-corrected chi connectivity index (χ2v) is 7.73. The lowest BCUT2D eigenvalue weighted by Gasteiger charge is -2.24. The molecule has 7 heteroatoms. The van der Waals surface area contributed by atoms with Gasteiger partial charge in [-0.3, -0.25) is 10.1 Å². The zero-order chi connectivity index (χ0) is 23.3. The number of carbonyl (C=O) groups excluding carboxylic acids is 1. The second-order valence-electron chi connectivity index (χ2n) is 7.73. The lowest BCUT2D eigenvalue weighted by molar-refractivity contribution is -0.111. The zero-order valence-corrected chi connectivity index (χ0v) is 18.6. The molecule has 0 bridgehead atoms. The molecule has 1 atom stereocenters. The summed E-state index contributed by atoms with van der Waals surface area (Å²) in [6, 6.07) is 27.3. The van der Waals surface area contributed by atoms with Crippen molar-refractivity contribution in [3.05, 3.63) is 114 Å². The number of methoxy groups -OCH3 is 1. The highest BCUT2D eigenvalue weighted by atomic mass is 16.5. The van der Waals surface area contributed by atoms with Crippen molar-refractivity contribution in [2.24, 2.45) is 0 Å². The van der Waals surface area contributed by atoms with Crippen LogP contribution in [0, 0.1) is 0 Å². The van der Waals surface area contributed by atoms with Crippen LogP contribution < -0.4 is 15.4 Å². The average molecular weight is 450 g/mol. The van der Waals surface area contributed by atoms with Gasteiger partial charge in [-0.15, -0.1) is 5.10 Å². The van der Waals surface area contributed by atoms with Crippen molar-refractivity contribution in [2.45, 2.75) is 6.04 Å². The van der Waals surface area contributed by atoms with Crippen LogP contribution in [0.25, 0.3) is 11.8 Å². The number of amides is 1. The molecule has 3 aromatic carbocycles. The van der Waals surface area contributed by atoms with Crippen LogP contribution in [0.1, 0.15) is 22.7 Å². The Kier molecular flexibility index (Phi) is 5.90. The van der Waals surface area contributed by atoms with Gasteiger partial charge in [-0.1, -0.05) is 72.8 Å². The van der Waals surface area contributed by atoms with Crippen molar-refractivity contribution in [2.75, 3.05) is 17.7 Å². The van der Waals surface area contributed by atoms with Gasteiger partial charge in [0, 0.05) is 11.8 Å². The van der Waals surface area contributed by atoms with Gasteiger partial charge >= 0.3 is 0 Å². The van der Waals surface area contributed by atoms with Gasteiger partial charge in [-0.2, -0.15) is 4.98 Å². The Balaban J connectivity index is 1.44. The molecular formula is C27H23N5O2. The van der Waals surface area contributed by atoms with E-state index in [0.29, 0.717) is 5.95 Å². The van der Waals surface area contributed by atoms with Crippen LogP contribution in [-0.2, 0) is 4.79 Å². The summed E-state index contributed by atoms with van der Waals surface area (Å²) in [5, 5.41) is 10.7. The van der Waals surface area contributed by atoms with Crippen LogP contribution in [-0.4, -0.2) is 27.8 Å². The Bertz CT molecular complexity index is 1340. The van der Waals surface area contributed by atoms with E-state index < -0.39 is 0 Å². The summed E-state index contributed by atoms with van der Waals surface area (Å²) in [6.45, 7) is 0. The van der Waals surface area contributed by atoms with Gasteiger partial charge in [-0.05, 0) is 41.0 Å². The van der Waals surface area contributed by atoms with Gasteiger partial charge in [0.2, 0.25) is 5.95 Å². The van der Waals surface area contributed by atoms with E-state index in [4.69, 9.17) is 4.74 Å². The first kappa shape index (κ1) is 21.2. The van der Waals surface area contributed by atoms with Gasteiger partial charge in [0.1, 0.15) is 11.8 Å². The number of nitrogens with zero attached hydrogens (tertiary/aromatic N) is 3. The molecule has 7 nitrogen and oxygen atoms in total. The predicted octanol–water partition coefficient (Wildman–Crippen LogP) is 4.99. The van der Waals surface area contributed by atoms with Crippen molar-refractivity contribution in [3.8, 4) is 5.75 Å². The molecule has 2 N–H and O–H groups in total. The Morgan fingerprint density at radius 1 is 1.00 bits per heavy atom. The minimum Gasteiger partial charge on any atom is -0.497 e. The second kappa shape index (κ2) is 9.46. The summed E-state index contributed by atoms with van der Waals surface area (Å²) < 4.78 is 7.07. The third kappa shape index (κ3) is 4.59. The number of fused-ring (bicyclic) bond motifs is 1. The monoisotopic (exact) mass is 449 g/mol. The Labute approximate surface area is 197 Å². The Hall–Kier alpha value is -4.65. The molecule has 0 radical (unpaired) electrons. The smallest absolute Gasteiger partial charge is 0.250 e. The van der Waals surface area contributed by atoms with Crippen LogP contribution >= 0.6 is 0 Å². The molecule has 1 amide bonds. The van der Waals surface area contributed by atoms with Gasteiger partial charge in [0.05, 0.1) is 7.11 Å². The normalized spacial score (nSPS) is 14.7. The molecular weight excluding hydrogens is 426 g/mol. The van der Waals surface area contributed by atoms with Gasteiger partial charge < -0.3 is 10.1 Å². The first-order valence-corrected chi connectivity index (χ1v) is 10.9. The quantitative estimate of drug-likeness (QED) is 0.405. The van der Waals surface area contributed by atoms with Crippen molar-refractivity contribution in [1.82, 2.24) is 14.8 Å². The fourth-order valence-electron chi connectivity index (χ4n) is 3.76. The number of nitrogens with one attached hydrogen (secondary N) is 2. The molecule has 0 unspecified atom stereocenters. The number of ether oxygens (including phenoxy) is 1. The topological polar surface area (TPSA) is 81.1 Å². The van der Waals surface area contributed by atoms with Crippen LogP contribution in [0.15, 0.2) is 97.1 Å². The highest BCUT2D eigenvalue weighted by Crippen LogP contribution is 2.33. The highest BCUT2D eigenvalue weighted by Gasteiger charge is 2.25. The number of benzene rings is 3. The van der Waals surface area contributed by atoms with E-state index in [1.807, 2.05) is 84.9 Å². The third-order valence-electron chi connectivity index (χ3n) is 5.47. The minimum atomic E-state index is -0.302.